The molecule has 2 aromatic carbocycles. The molecule has 0 unspecified atom stereocenters. The third-order valence-corrected chi connectivity index (χ3v) is 5.63. The molecule has 1 aliphatic rings. The summed E-state index contributed by atoms with van der Waals surface area (Å²) in [4.78, 5) is 38.5. The molecule has 0 aliphatic carbocycles. The van der Waals surface area contributed by atoms with Gasteiger partial charge in [0.2, 0.25) is 0 Å². The van der Waals surface area contributed by atoms with Gasteiger partial charge in [-0.15, -0.1) is 0 Å². The Balaban J connectivity index is 1.78. The number of barbiturate groups is 1. The molecule has 1 fully saturated rings. The van der Waals surface area contributed by atoms with Gasteiger partial charge in [0.25, 0.3) is 11.8 Å². The third kappa shape index (κ3) is 3.81. The van der Waals surface area contributed by atoms with E-state index >= 15 is 0 Å². The van der Waals surface area contributed by atoms with Crippen LogP contribution in [0.15, 0.2) is 54.1 Å². The largest absolute Gasteiger partial charge is 0.335 e. The monoisotopic (exact) mass is 471 g/mol. The van der Waals surface area contributed by atoms with Crippen molar-refractivity contribution in [2.24, 2.45) is 0 Å². The number of rotatable bonds is 3. The predicted molar refractivity (Wildman–Crippen MR) is 121 cm³/mol. The number of aryl methyl sites for hydroxylation is 1. The minimum absolute atomic E-state index is 0.0179. The highest BCUT2D eigenvalue weighted by Gasteiger charge is 2.37. The minimum atomic E-state index is -0.943. The van der Waals surface area contributed by atoms with Crippen molar-refractivity contribution in [3.8, 4) is 5.69 Å². The zero-order valence-electron chi connectivity index (χ0n) is 16.9. The van der Waals surface area contributed by atoms with Crippen molar-refractivity contribution in [2.45, 2.75) is 13.8 Å². The van der Waals surface area contributed by atoms with Crippen molar-refractivity contribution >= 4 is 52.8 Å². The highest BCUT2D eigenvalue weighted by molar-refractivity contribution is 6.39. The van der Waals surface area contributed by atoms with E-state index in [1.54, 1.807) is 24.3 Å². The Kier molecular flexibility index (Phi) is 5.62. The first-order valence-electron chi connectivity index (χ1n) is 9.49. The molecule has 3 aromatic rings. The van der Waals surface area contributed by atoms with Gasteiger partial charge in [-0.05, 0) is 68.0 Å². The summed E-state index contributed by atoms with van der Waals surface area (Å²) in [5.74, 6) is -2.30. The van der Waals surface area contributed by atoms with Gasteiger partial charge < -0.3 is 4.57 Å². The Hall–Kier alpha value is -3.42. The molecule has 6 nitrogen and oxygen atoms in total. The van der Waals surface area contributed by atoms with Gasteiger partial charge in [0, 0.05) is 16.4 Å². The van der Waals surface area contributed by atoms with E-state index in [0.29, 0.717) is 27.0 Å². The third-order valence-electron chi connectivity index (χ3n) is 5.09. The summed E-state index contributed by atoms with van der Waals surface area (Å²) in [6.07, 6.45) is 1.40. The fourth-order valence-electron chi connectivity index (χ4n) is 3.63. The SMILES string of the molecule is Cc1cc(/C=C2\C(=O)NC(=O)N(c3cccc(F)c3)C2=O)c(C)n1-c1ccc(Cl)cc1Cl. The molecule has 0 bridgehead atoms. The zero-order chi connectivity index (χ0) is 23.2. The van der Waals surface area contributed by atoms with Crippen LogP contribution in [0.3, 0.4) is 0 Å². The molecule has 0 spiro atoms. The van der Waals surface area contributed by atoms with Gasteiger partial charge in [-0.2, -0.15) is 0 Å². The maximum Gasteiger partial charge on any atom is 0.335 e. The molecule has 1 N–H and O–H groups in total. The van der Waals surface area contributed by atoms with Crippen molar-refractivity contribution in [1.82, 2.24) is 9.88 Å². The Morgan fingerprint density at radius 1 is 1.00 bits per heavy atom. The number of hydrogen-bond acceptors (Lipinski definition) is 3. The van der Waals surface area contributed by atoms with E-state index in [1.807, 2.05) is 18.4 Å². The molecule has 4 amide bonds. The van der Waals surface area contributed by atoms with Gasteiger partial charge in [0.1, 0.15) is 11.4 Å². The first-order valence-corrected chi connectivity index (χ1v) is 10.2. The molecule has 0 atom stereocenters. The molecule has 1 aliphatic heterocycles. The summed E-state index contributed by atoms with van der Waals surface area (Å²) in [6.45, 7) is 3.66. The van der Waals surface area contributed by atoms with E-state index in [-0.39, 0.29) is 11.3 Å². The first kappa shape index (κ1) is 21.8. The average molecular weight is 472 g/mol. The number of urea groups is 1. The van der Waals surface area contributed by atoms with Crippen LogP contribution in [-0.2, 0) is 9.59 Å². The molecular weight excluding hydrogens is 456 g/mol. The van der Waals surface area contributed by atoms with Crippen LogP contribution < -0.4 is 10.2 Å². The summed E-state index contributed by atoms with van der Waals surface area (Å²) < 4.78 is 15.5. The Bertz CT molecular complexity index is 1330. The highest BCUT2D eigenvalue weighted by atomic mass is 35.5. The molecular formula is C23H16Cl2FN3O3. The topological polar surface area (TPSA) is 71.4 Å². The van der Waals surface area contributed by atoms with Gasteiger partial charge in [0.05, 0.1) is 16.4 Å². The smallest absolute Gasteiger partial charge is 0.316 e. The van der Waals surface area contributed by atoms with Crippen LogP contribution in [0, 0.1) is 19.7 Å². The van der Waals surface area contributed by atoms with Crippen molar-refractivity contribution in [3.05, 3.63) is 86.9 Å². The van der Waals surface area contributed by atoms with Gasteiger partial charge in [0.15, 0.2) is 0 Å². The number of halogens is 3. The van der Waals surface area contributed by atoms with Gasteiger partial charge in [-0.3, -0.25) is 14.9 Å². The number of imide groups is 2. The van der Waals surface area contributed by atoms with E-state index in [0.717, 1.165) is 16.7 Å². The number of benzene rings is 2. The quantitative estimate of drug-likeness (QED) is 0.421. The average Bonchev–Trinajstić information content (AvgIpc) is 2.98. The van der Waals surface area contributed by atoms with Crippen molar-refractivity contribution < 1.29 is 18.8 Å². The van der Waals surface area contributed by atoms with Crippen LogP contribution in [0.2, 0.25) is 10.0 Å². The molecule has 162 valence electrons. The summed E-state index contributed by atoms with van der Waals surface area (Å²) in [5, 5.41) is 3.06. The van der Waals surface area contributed by atoms with E-state index in [2.05, 4.69) is 5.32 Å². The molecule has 1 aromatic heterocycles. The molecule has 0 saturated carbocycles. The van der Waals surface area contributed by atoms with Crippen LogP contribution in [0.1, 0.15) is 17.0 Å². The molecule has 32 heavy (non-hydrogen) atoms. The second-order valence-corrected chi connectivity index (χ2v) is 8.04. The number of nitrogens with zero attached hydrogens (tertiary/aromatic N) is 2. The Morgan fingerprint density at radius 2 is 1.75 bits per heavy atom. The molecule has 4 rings (SSSR count). The number of hydrogen-bond donors (Lipinski definition) is 1. The van der Waals surface area contributed by atoms with Crippen molar-refractivity contribution in [1.29, 1.82) is 0 Å². The lowest BCUT2D eigenvalue weighted by Gasteiger charge is -2.26. The van der Waals surface area contributed by atoms with E-state index in [1.165, 1.54) is 24.3 Å². The zero-order valence-corrected chi connectivity index (χ0v) is 18.5. The fourth-order valence-corrected chi connectivity index (χ4v) is 4.12. The van der Waals surface area contributed by atoms with Crippen LogP contribution in [0.25, 0.3) is 11.8 Å². The lowest BCUT2D eigenvalue weighted by atomic mass is 10.1. The first-order chi connectivity index (χ1) is 15.2. The maximum atomic E-state index is 13.6. The van der Waals surface area contributed by atoms with E-state index < -0.39 is 23.7 Å². The number of anilines is 1. The van der Waals surface area contributed by atoms with Crippen molar-refractivity contribution in [2.75, 3.05) is 4.90 Å². The molecule has 2 heterocycles. The van der Waals surface area contributed by atoms with Gasteiger partial charge >= 0.3 is 6.03 Å². The maximum absolute atomic E-state index is 13.6. The summed E-state index contributed by atoms with van der Waals surface area (Å²) in [6, 6.07) is 10.9. The Labute approximate surface area is 192 Å². The number of aromatic nitrogens is 1. The van der Waals surface area contributed by atoms with Gasteiger partial charge in [-0.1, -0.05) is 29.3 Å². The standard InChI is InChI=1S/C23H16Cl2FN3O3/c1-12-8-14(13(2)28(12)20-7-6-15(24)10-19(20)25)9-18-21(30)27-23(32)29(22(18)31)17-5-3-4-16(26)11-17/h3-11H,1-2H3,(H,27,30,32)/b18-9+. The number of carbonyl (C=O) groups excluding carboxylic acids is 3. The van der Waals surface area contributed by atoms with Crippen LogP contribution in [0.5, 0.6) is 0 Å². The van der Waals surface area contributed by atoms with Crippen LogP contribution >= 0.6 is 23.2 Å². The Morgan fingerprint density at radius 3 is 2.44 bits per heavy atom. The lowest BCUT2D eigenvalue weighted by molar-refractivity contribution is -0.122. The molecule has 9 heteroatoms. The minimum Gasteiger partial charge on any atom is -0.316 e. The second-order valence-electron chi connectivity index (χ2n) is 7.20. The summed E-state index contributed by atoms with van der Waals surface area (Å²) >= 11 is 12.4. The van der Waals surface area contributed by atoms with Crippen LogP contribution in [-0.4, -0.2) is 22.4 Å². The van der Waals surface area contributed by atoms with Crippen molar-refractivity contribution in [3.63, 3.8) is 0 Å². The van der Waals surface area contributed by atoms with Gasteiger partial charge in [-0.25, -0.2) is 14.1 Å². The molecule has 0 radical (unpaired) electrons. The number of nitrogens with one attached hydrogen (secondary N) is 1. The molecule has 1 saturated heterocycles. The van der Waals surface area contributed by atoms with E-state index in [9.17, 15) is 18.8 Å². The normalized spacial score (nSPS) is 15.5. The summed E-state index contributed by atoms with van der Waals surface area (Å²) in [5.41, 5.74) is 2.56. The fraction of sp³-hybridized carbons (Fsp3) is 0.0870. The predicted octanol–water partition coefficient (Wildman–Crippen LogP) is 5.21. The number of carbonyl (C=O) groups is 3. The summed E-state index contributed by atoms with van der Waals surface area (Å²) in [7, 11) is 0. The second kappa shape index (κ2) is 8.26. The lowest BCUT2D eigenvalue weighted by Crippen LogP contribution is -2.54. The van der Waals surface area contributed by atoms with E-state index in [4.69, 9.17) is 23.2 Å². The van der Waals surface area contributed by atoms with Crippen LogP contribution in [0.4, 0.5) is 14.9 Å². The number of amides is 4. The highest BCUT2D eigenvalue weighted by Crippen LogP contribution is 2.30.